The maximum atomic E-state index is 12.4. The van der Waals surface area contributed by atoms with Crippen LogP contribution in [0, 0.1) is 10.1 Å². The van der Waals surface area contributed by atoms with E-state index in [1.54, 1.807) is 19.1 Å². The number of nitro benzene ring substituents is 1. The molecule has 10 nitrogen and oxygen atoms in total. The molecule has 2 aliphatic heterocycles. The minimum Gasteiger partial charge on any atom is -0.465 e. The molecule has 1 aromatic carbocycles. The Morgan fingerprint density at radius 1 is 1.34 bits per heavy atom. The number of esters is 1. The zero-order valence-electron chi connectivity index (χ0n) is 15.7. The summed E-state index contributed by atoms with van der Waals surface area (Å²) in [7, 11) is 0. The van der Waals surface area contributed by atoms with Crippen LogP contribution in [0.5, 0.6) is 0 Å². The molecule has 2 heterocycles. The van der Waals surface area contributed by atoms with E-state index in [0.717, 1.165) is 4.90 Å². The Kier molecular flexibility index (Phi) is 6.49. The van der Waals surface area contributed by atoms with Crippen LogP contribution in [-0.4, -0.2) is 66.4 Å². The number of anilines is 1. The summed E-state index contributed by atoms with van der Waals surface area (Å²) in [6.07, 6.45) is 1.41. The second-order valence-electron chi connectivity index (χ2n) is 6.18. The number of carbonyl (C=O) groups is 3. The third-order valence-corrected chi connectivity index (χ3v) is 5.22. The number of imide groups is 1. The van der Waals surface area contributed by atoms with Gasteiger partial charge in [-0.1, -0.05) is 6.07 Å². The molecule has 2 saturated heterocycles. The van der Waals surface area contributed by atoms with E-state index < -0.39 is 28.6 Å². The van der Waals surface area contributed by atoms with Crippen LogP contribution >= 0.6 is 11.8 Å². The number of hydrogen-bond acceptors (Lipinski definition) is 9. The zero-order chi connectivity index (χ0) is 21.0. The predicted octanol–water partition coefficient (Wildman–Crippen LogP) is 2.03. The molecule has 2 aliphatic rings. The van der Waals surface area contributed by atoms with Crippen LogP contribution in [0.2, 0.25) is 0 Å². The smallest absolute Gasteiger partial charge is 0.326 e. The first-order valence-electron chi connectivity index (χ1n) is 8.93. The van der Waals surface area contributed by atoms with Crippen molar-refractivity contribution < 1.29 is 28.8 Å². The van der Waals surface area contributed by atoms with Gasteiger partial charge in [-0.05, 0) is 36.4 Å². The molecule has 0 spiro atoms. The summed E-state index contributed by atoms with van der Waals surface area (Å²) in [5, 5.41) is 11.0. The number of nitro groups is 1. The number of carbonyl (C=O) groups excluding carboxylic acids is 3. The van der Waals surface area contributed by atoms with Gasteiger partial charge >= 0.3 is 5.97 Å². The van der Waals surface area contributed by atoms with Gasteiger partial charge in [0.05, 0.1) is 29.6 Å². The first kappa shape index (κ1) is 20.8. The second-order valence-corrected chi connectivity index (χ2v) is 7.17. The van der Waals surface area contributed by atoms with Crippen molar-refractivity contribution in [2.24, 2.45) is 0 Å². The van der Waals surface area contributed by atoms with Crippen LogP contribution in [0.3, 0.4) is 0 Å². The fourth-order valence-electron chi connectivity index (χ4n) is 2.97. The van der Waals surface area contributed by atoms with E-state index in [4.69, 9.17) is 9.47 Å². The average Bonchev–Trinajstić information content (AvgIpc) is 2.96. The minimum absolute atomic E-state index is 0.0905. The molecule has 0 aromatic heterocycles. The van der Waals surface area contributed by atoms with Gasteiger partial charge in [-0.15, -0.1) is 0 Å². The van der Waals surface area contributed by atoms with Crippen molar-refractivity contribution in [1.82, 2.24) is 4.90 Å². The Morgan fingerprint density at radius 3 is 2.72 bits per heavy atom. The molecule has 0 bridgehead atoms. The van der Waals surface area contributed by atoms with Gasteiger partial charge in [0, 0.05) is 19.2 Å². The molecule has 0 unspecified atom stereocenters. The lowest BCUT2D eigenvalue weighted by Crippen LogP contribution is -2.36. The van der Waals surface area contributed by atoms with Crippen molar-refractivity contribution >= 4 is 46.3 Å². The monoisotopic (exact) mass is 421 g/mol. The van der Waals surface area contributed by atoms with E-state index >= 15 is 0 Å². The molecule has 2 amide bonds. The fraction of sp³-hybridized carbons (Fsp3) is 0.389. The third-order valence-electron chi connectivity index (χ3n) is 4.31. The Bertz CT molecular complexity index is 880. The Morgan fingerprint density at radius 2 is 2.07 bits per heavy atom. The molecule has 154 valence electrons. The number of rotatable bonds is 6. The van der Waals surface area contributed by atoms with Crippen molar-refractivity contribution in [3.8, 4) is 0 Å². The van der Waals surface area contributed by atoms with Crippen molar-refractivity contribution in [3.63, 3.8) is 0 Å². The van der Waals surface area contributed by atoms with Gasteiger partial charge in [0.25, 0.3) is 16.8 Å². The molecule has 0 atom stereocenters. The first-order chi connectivity index (χ1) is 13.9. The Balaban J connectivity index is 1.83. The highest BCUT2D eigenvalue weighted by Crippen LogP contribution is 2.35. The van der Waals surface area contributed by atoms with E-state index in [1.165, 1.54) is 12.1 Å². The number of hydrogen-bond donors (Lipinski definition) is 0. The van der Waals surface area contributed by atoms with Crippen LogP contribution < -0.4 is 4.90 Å². The molecule has 1 aromatic rings. The van der Waals surface area contributed by atoms with E-state index in [0.29, 0.717) is 49.3 Å². The Hall–Kier alpha value is -2.92. The normalized spacial score (nSPS) is 18.4. The average molecular weight is 421 g/mol. The van der Waals surface area contributed by atoms with Gasteiger partial charge in [-0.3, -0.25) is 29.4 Å². The summed E-state index contributed by atoms with van der Waals surface area (Å²) >= 11 is 0.677. The van der Waals surface area contributed by atoms with Crippen molar-refractivity contribution in [3.05, 3.63) is 38.8 Å². The molecular formula is C18H19N3O7S. The molecule has 3 rings (SSSR count). The SMILES string of the molecule is CCOC(=O)CN1C(=O)S/C(=C/c2ccc(N3CCOCC3)c([N+](=O)[O-])c2)C1=O. The van der Waals surface area contributed by atoms with Crippen molar-refractivity contribution in [2.75, 3.05) is 44.4 Å². The molecular weight excluding hydrogens is 402 g/mol. The molecule has 0 radical (unpaired) electrons. The van der Waals surface area contributed by atoms with Crippen LogP contribution in [0.4, 0.5) is 16.2 Å². The van der Waals surface area contributed by atoms with Gasteiger partial charge in [0.2, 0.25) is 0 Å². The summed E-state index contributed by atoms with van der Waals surface area (Å²) in [6.45, 7) is 3.38. The van der Waals surface area contributed by atoms with Crippen molar-refractivity contribution in [1.29, 1.82) is 0 Å². The number of ether oxygens (including phenoxy) is 2. The molecule has 2 fully saturated rings. The van der Waals surface area contributed by atoms with Gasteiger partial charge in [0.15, 0.2) is 0 Å². The molecule has 0 aliphatic carbocycles. The lowest BCUT2D eigenvalue weighted by Gasteiger charge is -2.28. The first-order valence-corrected chi connectivity index (χ1v) is 9.74. The molecule has 11 heteroatoms. The van der Waals surface area contributed by atoms with Crippen LogP contribution in [0.1, 0.15) is 12.5 Å². The standard InChI is InChI=1S/C18H19N3O7S/c1-2-28-16(22)11-20-17(23)15(29-18(20)24)10-12-3-4-13(14(9-12)21(25)26)19-5-7-27-8-6-19/h3-4,9-10H,2,5-8,11H2,1H3/b15-10+. The number of amides is 2. The van der Waals surface area contributed by atoms with Crippen LogP contribution in [0.25, 0.3) is 6.08 Å². The highest BCUT2D eigenvalue weighted by atomic mass is 32.2. The van der Waals surface area contributed by atoms with E-state index in [-0.39, 0.29) is 17.2 Å². The number of thioether (sulfide) groups is 1. The highest BCUT2D eigenvalue weighted by Gasteiger charge is 2.36. The predicted molar refractivity (Wildman–Crippen MR) is 105 cm³/mol. The third kappa shape index (κ3) is 4.74. The summed E-state index contributed by atoms with van der Waals surface area (Å²) < 4.78 is 10.0. The fourth-order valence-corrected chi connectivity index (χ4v) is 3.81. The van der Waals surface area contributed by atoms with E-state index in [9.17, 15) is 24.5 Å². The molecule has 29 heavy (non-hydrogen) atoms. The van der Waals surface area contributed by atoms with E-state index in [2.05, 4.69) is 0 Å². The van der Waals surface area contributed by atoms with Crippen molar-refractivity contribution in [2.45, 2.75) is 6.92 Å². The number of benzene rings is 1. The highest BCUT2D eigenvalue weighted by molar-refractivity contribution is 8.18. The van der Waals surface area contributed by atoms with Gasteiger partial charge in [-0.2, -0.15) is 0 Å². The van der Waals surface area contributed by atoms with Crippen LogP contribution in [-0.2, 0) is 19.1 Å². The van der Waals surface area contributed by atoms with Gasteiger partial charge in [0.1, 0.15) is 12.2 Å². The molecule has 0 saturated carbocycles. The number of morpholine rings is 1. The van der Waals surface area contributed by atoms with Crippen LogP contribution in [0.15, 0.2) is 23.1 Å². The molecule has 0 N–H and O–H groups in total. The Labute approximate surface area is 170 Å². The summed E-state index contributed by atoms with van der Waals surface area (Å²) in [5.41, 5.74) is 0.799. The summed E-state index contributed by atoms with van der Waals surface area (Å²) in [6, 6.07) is 4.64. The lowest BCUT2D eigenvalue weighted by atomic mass is 10.1. The second kappa shape index (κ2) is 9.05. The zero-order valence-corrected chi connectivity index (χ0v) is 16.5. The van der Waals surface area contributed by atoms with Gasteiger partial charge < -0.3 is 14.4 Å². The van der Waals surface area contributed by atoms with Gasteiger partial charge in [-0.25, -0.2) is 0 Å². The number of nitrogens with zero attached hydrogens (tertiary/aromatic N) is 3. The summed E-state index contributed by atoms with van der Waals surface area (Å²) in [4.78, 5) is 49.9. The quantitative estimate of drug-likeness (QED) is 0.294. The minimum atomic E-state index is -0.679. The lowest BCUT2D eigenvalue weighted by molar-refractivity contribution is -0.384. The topological polar surface area (TPSA) is 119 Å². The summed E-state index contributed by atoms with van der Waals surface area (Å²) in [5.74, 6) is -1.31. The maximum Gasteiger partial charge on any atom is 0.326 e. The maximum absolute atomic E-state index is 12.4. The van der Waals surface area contributed by atoms with E-state index in [1.807, 2.05) is 4.90 Å². The largest absolute Gasteiger partial charge is 0.465 e.